The molecule has 0 saturated heterocycles. The maximum atomic E-state index is 12.1. The van der Waals surface area contributed by atoms with E-state index in [1.807, 2.05) is 20.2 Å². The van der Waals surface area contributed by atoms with Crippen molar-refractivity contribution in [1.82, 2.24) is 14.9 Å². The molecule has 1 heterocycles. The molecule has 9 heteroatoms. The van der Waals surface area contributed by atoms with Crippen LogP contribution in [0.2, 0.25) is 0 Å². The number of rotatable bonds is 8. The number of anilines is 4. The summed E-state index contributed by atoms with van der Waals surface area (Å²) in [5, 5.41) is 6.02. The maximum Gasteiger partial charge on any atom is 0.238 e. The van der Waals surface area contributed by atoms with Crippen molar-refractivity contribution in [2.75, 3.05) is 51.2 Å². The Hall–Kier alpha value is -3.85. The second kappa shape index (κ2) is 9.77. The molecule has 0 saturated carbocycles. The van der Waals surface area contributed by atoms with Gasteiger partial charge in [-0.2, -0.15) is 0 Å². The van der Waals surface area contributed by atoms with Gasteiger partial charge in [-0.1, -0.05) is 0 Å². The van der Waals surface area contributed by atoms with Crippen LogP contribution in [0.25, 0.3) is 11.3 Å². The largest absolute Gasteiger partial charge is 0.497 e. The summed E-state index contributed by atoms with van der Waals surface area (Å²) < 4.78 is 10.6. The van der Waals surface area contributed by atoms with E-state index < -0.39 is 0 Å². The van der Waals surface area contributed by atoms with E-state index in [1.165, 1.54) is 0 Å². The van der Waals surface area contributed by atoms with E-state index in [0.717, 1.165) is 5.56 Å². The number of benzene rings is 2. The Kier molecular flexibility index (Phi) is 6.88. The first kappa shape index (κ1) is 21.8. The summed E-state index contributed by atoms with van der Waals surface area (Å²) in [6.45, 7) is 0.274. The molecule has 0 aliphatic rings. The van der Waals surface area contributed by atoms with Crippen molar-refractivity contribution in [2.45, 2.75) is 0 Å². The lowest BCUT2D eigenvalue weighted by Gasteiger charge is -2.13. The molecule has 1 amide bonds. The highest BCUT2D eigenvalue weighted by molar-refractivity contribution is 5.93. The number of hydrogen-bond donors (Lipinski definition) is 3. The van der Waals surface area contributed by atoms with Gasteiger partial charge in [0.2, 0.25) is 11.9 Å². The lowest BCUT2D eigenvalue weighted by atomic mass is 10.1. The number of ether oxygens (including phenoxy) is 2. The quantitative estimate of drug-likeness (QED) is 0.475. The molecule has 0 radical (unpaired) electrons. The summed E-state index contributed by atoms with van der Waals surface area (Å²) in [7, 11) is 6.80. The predicted molar refractivity (Wildman–Crippen MR) is 122 cm³/mol. The number of nitrogen functional groups attached to an aromatic ring is 1. The Bertz CT molecular complexity index is 1070. The van der Waals surface area contributed by atoms with Gasteiger partial charge in [0, 0.05) is 35.3 Å². The van der Waals surface area contributed by atoms with Crippen LogP contribution in [0.15, 0.2) is 48.7 Å². The van der Waals surface area contributed by atoms with Crippen LogP contribution in [-0.2, 0) is 4.79 Å². The molecular formula is C22H26N6O3. The topological polar surface area (TPSA) is 115 Å². The molecule has 31 heavy (non-hydrogen) atoms. The molecule has 2 aromatic carbocycles. The molecule has 162 valence electrons. The van der Waals surface area contributed by atoms with Crippen LogP contribution in [0.4, 0.5) is 23.0 Å². The number of nitrogens with one attached hydrogen (secondary N) is 2. The van der Waals surface area contributed by atoms with Crippen molar-refractivity contribution in [2.24, 2.45) is 0 Å². The SMILES string of the molecule is COc1cc(NC(=O)CN(C)C)cc(Nc2nccc(-c3ccc(OC)c(N)c3)n2)c1. The van der Waals surface area contributed by atoms with Gasteiger partial charge < -0.3 is 30.7 Å². The van der Waals surface area contributed by atoms with Crippen LogP contribution in [0.3, 0.4) is 0 Å². The van der Waals surface area contributed by atoms with Crippen molar-refractivity contribution in [3.05, 3.63) is 48.7 Å². The zero-order chi connectivity index (χ0) is 22.4. The van der Waals surface area contributed by atoms with Crippen molar-refractivity contribution < 1.29 is 14.3 Å². The second-order valence-corrected chi connectivity index (χ2v) is 7.08. The number of hydrogen-bond acceptors (Lipinski definition) is 8. The van der Waals surface area contributed by atoms with Gasteiger partial charge in [0.05, 0.1) is 32.1 Å². The fourth-order valence-corrected chi connectivity index (χ4v) is 2.95. The highest BCUT2D eigenvalue weighted by Crippen LogP contribution is 2.29. The Morgan fingerprint density at radius 1 is 1.06 bits per heavy atom. The van der Waals surface area contributed by atoms with E-state index >= 15 is 0 Å². The minimum absolute atomic E-state index is 0.125. The van der Waals surface area contributed by atoms with Gasteiger partial charge in [0.25, 0.3) is 0 Å². The Balaban J connectivity index is 1.83. The molecule has 3 aromatic rings. The van der Waals surface area contributed by atoms with Crippen LogP contribution in [0.1, 0.15) is 0 Å². The molecule has 4 N–H and O–H groups in total. The van der Waals surface area contributed by atoms with Gasteiger partial charge in [-0.25, -0.2) is 9.97 Å². The first-order valence-electron chi connectivity index (χ1n) is 9.55. The first-order valence-corrected chi connectivity index (χ1v) is 9.55. The van der Waals surface area contributed by atoms with E-state index in [0.29, 0.717) is 40.2 Å². The van der Waals surface area contributed by atoms with Crippen molar-refractivity contribution >= 4 is 28.9 Å². The highest BCUT2D eigenvalue weighted by Gasteiger charge is 2.09. The number of amides is 1. The van der Waals surface area contributed by atoms with Crippen LogP contribution in [0.5, 0.6) is 11.5 Å². The Morgan fingerprint density at radius 3 is 2.52 bits per heavy atom. The number of likely N-dealkylation sites (N-methyl/N-ethyl adjacent to an activating group) is 1. The van der Waals surface area contributed by atoms with Crippen molar-refractivity contribution in [3.63, 3.8) is 0 Å². The third-order valence-electron chi connectivity index (χ3n) is 4.32. The molecular weight excluding hydrogens is 396 g/mol. The molecule has 9 nitrogen and oxygen atoms in total. The molecule has 3 rings (SSSR count). The van der Waals surface area contributed by atoms with Crippen LogP contribution >= 0.6 is 0 Å². The smallest absolute Gasteiger partial charge is 0.238 e. The summed E-state index contributed by atoms with van der Waals surface area (Å²) in [6, 6.07) is 12.6. The summed E-state index contributed by atoms with van der Waals surface area (Å²) in [4.78, 5) is 22.8. The minimum Gasteiger partial charge on any atom is -0.497 e. The fraction of sp³-hybridized carbons (Fsp3) is 0.227. The zero-order valence-corrected chi connectivity index (χ0v) is 18.0. The summed E-state index contributed by atoms with van der Waals surface area (Å²) >= 11 is 0. The maximum absolute atomic E-state index is 12.1. The summed E-state index contributed by atoms with van der Waals surface area (Å²) in [5.74, 6) is 1.46. The van der Waals surface area contributed by atoms with Crippen molar-refractivity contribution in [1.29, 1.82) is 0 Å². The molecule has 0 spiro atoms. The van der Waals surface area contributed by atoms with E-state index in [4.69, 9.17) is 15.2 Å². The number of carbonyl (C=O) groups is 1. The van der Waals surface area contributed by atoms with Crippen LogP contribution < -0.4 is 25.8 Å². The second-order valence-electron chi connectivity index (χ2n) is 7.08. The van der Waals surface area contributed by atoms with Gasteiger partial charge in [-0.15, -0.1) is 0 Å². The Labute approximate surface area is 181 Å². The standard InChI is InChI=1S/C22H26N6O3/c1-28(2)13-21(29)25-15-10-16(12-17(11-15)30-3)26-22-24-8-7-19(27-22)14-5-6-20(31-4)18(23)9-14/h5-12H,13,23H2,1-4H3,(H,25,29)(H,24,26,27). The average molecular weight is 422 g/mol. The van der Waals surface area contributed by atoms with Gasteiger partial charge in [0.1, 0.15) is 11.5 Å². The van der Waals surface area contributed by atoms with Gasteiger partial charge in [-0.05, 0) is 44.4 Å². The molecule has 0 aliphatic carbocycles. The number of aromatic nitrogens is 2. The third kappa shape index (κ3) is 5.83. The lowest BCUT2D eigenvalue weighted by Crippen LogP contribution is -2.27. The number of nitrogens with zero attached hydrogens (tertiary/aromatic N) is 3. The lowest BCUT2D eigenvalue weighted by molar-refractivity contribution is -0.116. The number of nitrogens with two attached hydrogens (primary N) is 1. The Morgan fingerprint density at radius 2 is 1.84 bits per heavy atom. The fourth-order valence-electron chi connectivity index (χ4n) is 2.95. The molecule has 0 unspecified atom stereocenters. The minimum atomic E-state index is -0.125. The molecule has 1 aromatic heterocycles. The first-order chi connectivity index (χ1) is 14.9. The normalized spacial score (nSPS) is 10.6. The van der Waals surface area contributed by atoms with E-state index in [2.05, 4.69) is 20.6 Å². The number of methoxy groups -OCH3 is 2. The highest BCUT2D eigenvalue weighted by atomic mass is 16.5. The average Bonchev–Trinajstić information content (AvgIpc) is 2.73. The summed E-state index contributed by atoms with van der Waals surface area (Å²) in [6.07, 6.45) is 1.66. The van der Waals surface area contributed by atoms with E-state index in [1.54, 1.807) is 61.7 Å². The monoisotopic (exact) mass is 422 g/mol. The van der Waals surface area contributed by atoms with Crippen molar-refractivity contribution in [3.8, 4) is 22.8 Å². The third-order valence-corrected chi connectivity index (χ3v) is 4.32. The van der Waals surface area contributed by atoms with E-state index in [9.17, 15) is 4.79 Å². The molecule has 0 fully saturated rings. The van der Waals surface area contributed by atoms with Crippen LogP contribution in [-0.4, -0.2) is 55.6 Å². The van der Waals surface area contributed by atoms with Gasteiger partial charge >= 0.3 is 0 Å². The van der Waals surface area contributed by atoms with E-state index in [-0.39, 0.29) is 12.5 Å². The summed E-state index contributed by atoms with van der Waals surface area (Å²) in [5.41, 5.74) is 9.36. The molecule has 0 aliphatic heterocycles. The molecule has 0 bridgehead atoms. The number of carbonyl (C=O) groups excluding carboxylic acids is 1. The van der Waals surface area contributed by atoms with Gasteiger partial charge in [-0.3, -0.25) is 4.79 Å². The van der Waals surface area contributed by atoms with Crippen LogP contribution in [0, 0.1) is 0 Å². The predicted octanol–water partition coefficient (Wildman–Crippen LogP) is 2.99. The molecule has 0 atom stereocenters. The van der Waals surface area contributed by atoms with Gasteiger partial charge in [0.15, 0.2) is 0 Å². The zero-order valence-electron chi connectivity index (χ0n) is 18.0.